The number of halogens is 3. The van der Waals surface area contributed by atoms with Crippen LogP contribution in [0.2, 0.25) is 0 Å². The Labute approximate surface area is 212 Å². The van der Waals surface area contributed by atoms with Crippen molar-refractivity contribution in [1.82, 2.24) is 9.80 Å². The summed E-state index contributed by atoms with van der Waals surface area (Å²) in [6, 6.07) is 7.07. The lowest BCUT2D eigenvalue weighted by Crippen LogP contribution is -2.81. The molecule has 2 aromatic carbocycles. The van der Waals surface area contributed by atoms with Crippen molar-refractivity contribution in [3.63, 3.8) is 0 Å². The van der Waals surface area contributed by atoms with Gasteiger partial charge < -0.3 is 24.7 Å². The number of rotatable bonds is 1. The van der Waals surface area contributed by atoms with Crippen LogP contribution in [0.3, 0.4) is 0 Å². The first kappa shape index (κ1) is 24.1. The van der Waals surface area contributed by atoms with Gasteiger partial charge in [0.2, 0.25) is 0 Å². The number of likely N-dealkylation sites (N-methyl/N-ethyl adjacent to an activating group) is 2. The fourth-order valence-electron chi connectivity index (χ4n) is 7.34. The number of piperidine rings is 1. The average molecular weight is 513 g/mol. The average Bonchev–Trinajstić information content (AvgIpc) is 3.20. The van der Waals surface area contributed by atoms with Crippen LogP contribution in [0.5, 0.6) is 11.5 Å². The van der Waals surface area contributed by atoms with Crippen molar-refractivity contribution in [3.8, 4) is 23.3 Å². The molecule has 0 aromatic heterocycles. The molecule has 1 saturated heterocycles. The molecule has 1 spiro atoms. The Morgan fingerprint density at radius 1 is 1.19 bits per heavy atom. The minimum Gasteiger partial charge on any atom is -0.504 e. The topological polar surface area (TPSA) is 73.2 Å². The maximum atomic E-state index is 13.2. The number of carbonyl (C=O) groups excluding carboxylic acids is 1. The Morgan fingerprint density at radius 3 is 2.62 bits per heavy atom. The Hall–Kier alpha value is -3.22. The van der Waals surface area contributed by atoms with Gasteiger partial charge in [-0.3, -0.25) is 4.79 Å². The predicted molar refractivity (Wildman–Crippen MR) is 128 cm³/mol. The van der Waals surface area contributed by atoms with Crippen molar-refractivity contribution < 1.29 is 32.9 Å². The minimum atomic E-state index is -4.44. The maximum absolute atomic E-state index is 13.2. The monoisotopic (exact) mass is 512 g/mol. The summed E-state index contributed by atoms with van der Waals surface area (Å²) in [4.78, 5) is 16.8. The zero-order chi connectivity index (χ0) is 26.3. The molecule has 1 amide bonds. The summed E-state index contributed by atoms with van der Waals surface area (Å²) < 4.78 is 44.8. The molecule has 6 nitrogen and oxygen atoms in total. The Morgan fingerprint density at radius 2 is 1.92 bits per heavy atom. The van der Waals surface area contributed by atoms with Crippen LogP contribution in [-0.2, 0) is 22.8 Å². The van der Waals surface area contributed by atoms with E-state index < -0.39 is 34.7 Å². The number of alkyl halides is 3. The molecule has 2 aliphatic carbocycles. The second-order valence-electron chi connectivity index (χ2n) is 10.6. The fourth-order valence-corrected chi connectivity index (χ4v) is 7.34. The molecule has 1 saturated carbocycles. The number of benzene rings is 2. The van der Waals surface area contributed by atoms with Crippen molar-refractivity contribution in [1.29, 1.82) is 0 Å². The van der Waals surface area contributed by atoms with Crippen LogP contribution in [0.1, 0.15) is 41.5 Å². The highest BCUT2D eigenvalue weighted by atomic mass is 19.4. The van der Waals surface area contributed by atoms with Gasteiger partial charge in [-0.1, -0.05) is 12.0 Å². The van der Waals surface area contributed by atoms with Gasteiger partial charge >= 0.3 is 6.18 Å². The molecule has 4 aliphatic rings. The number of amides is 1. The number of hydrogen-bond donors (Lipinski definition) is 2. The summed E-state index contributed by atoms with van der Waals surface area (Å²) in [6.07, 6.45) is -2.49. The zero-order valence-electron chi connectivity index (χ0n) is 20.5. The SMILES string of the molecule is CN1CC[C@]23c4c5ccc(O)c4O[C@H]2CC[C@@H](N(C)C(=O)C#Cc2ccc(C(F)(F)F)cc2)[C@@]3(O)[C@H]1C5. The third-order valence-electron chi connectivity index (χ3n) is 9.03. The van der Waals surface area contributed by atoms with Crippen LogP contribution in [0.4, 0.5) is 13.2 Å². The number of aromatic hydroxyl groups is 1. The summed E-state index contributed by atoms with van der Waals surface area (Å²) >= 11 is 0. The molecule has 5 atom stereocenters. The van der Waals surface area contributed by atoms with Gasteiger partial charge in [0.15, 0.2) is 11.5 Å². The highest BCUT2D eigenvalue weighted by molar-refractivity contribution is 5.94. The number of ether oxygens (including phenoxy) is 1. The van der Waals surface area contributed by atoms with E-state index in [4.69, 9.17) is 4.74 Å². The number of phenols is 1. The Balaban J connectivity index is 1.36. The van der Waals surface area contributed by atoms with E-state index in [1.165, 1.54) is 17.0 Å². The third kappa shape index (κ3) is 3.18. The first-order valence-corrected chi connectivity index (χ1v) is 12.4. The minimum absolute atomic E-state index is 0.0608. The normalized spacial score (nSPS) is 31.6. The van der Waals surface area contributed by atoms with E-state index in [1.807, 2.05) is 13.1 Å². The van der Waals surface area contributed by atoms with Crippen LogP contribution in [0.25, 0.3) is 0 Å². The molecular weight excluding hydrogens is 485 g/mol. The molecule has 2 heterocycles. The molecule has 194 valence electrons. The molecule has 2 aliphatic heterocycles. The molecule has 2 N–H and O–H groups in total. The number of carbonyl (C=O) groups is 1. The van der Waals surface area contributed by atoms with Gasteiger partial charge in [0.25, 0.3) is 5.91 Å². The van der Waals surface area contributed by atoms with Gasteiger partial charge in [0, 0.05) is 30.1 Å². The number of nitrogens with zero attached hydrogens (tertiary/aromatic N) is 2. The first-order chi connectivity index (χ1) is 17.5. The van der Waals surface area contributed by atoms with Crippen LogP contribution in [-0.4, -0.2) is 70.3 Å². The predicted octanol–water partition coefficient (Wildman–Crippen LogP) is 3.07. The van der Waals surface area contributed by atoms with E-state index >= 15 is 0 Å². The van der Waals surface area contributed by atoms with Gasteiger partial charge in [-0.2, -0.15) is 13.2 Å². The number of hydrogen-bond acceptors (Lipinski definition) is 5. The molecule has 37 heavy (non-hydrogen) atoms. The van der Waals surface area contributed by atoms with Crippen molar-refractivity contribution >= 4 is 5.91 Å². The summed E-state index contributed by atoms with van der Waals surface area (Å²) in [5.41, 5.74) is -0.668. The van der Waals surface area contributed by atoms with E-state index in [0.717, 1.165) is 29.8 Å². The second-order valence-corrected chi connectivity index (χ2v) is 10.6. The molecule has 0 unspecified atom stereocenters. The largest absolute Gasteiger partial charge is 0.504 e. The Bertz CT molecular complexity index is 1350. The van der Waals surface area contributed by atoms with Crippen LogP contribution >= 0.6 is 0 Å². The van der Waals surface area contributed by atoms with Gasteiger partial charge in [-0.25, -0.2) is 0 Å². The molecule has 2 bridgehead atoms. The summed E-state index contributed by atoms with van der Waals surface area (Å²) in [5.74, 6) is 5.21. The lowest BCUT2D eigenvalue weighted by Gasteiger charge is -2.65. The van der Waals surface area contributed by atoms with E-state index in [2.05, 4.69) is 16.7 Å². The zero-order valence-corrected chi connectivity index (χ0v) is 20.5. The fraction of sp³-hybridized carbons (Fsp3) is 0.464. The highest BCUT2D eigenvalue weighted by Gasteiger charge is 2.74. The maximum Gasteiger partial charge on any atom is 0.416 e. The molecular formula is C28H27F3N2O4. The van der Waals surface area contributed by atoms with Crippen molar-refractivity contribution in [2.45, 2.75) is 61.1 Å². The number of aliphatic hydroxyl groups is 1. The van der Waals surface area contributed by atoms with Gasteiger partial charge in [0.05, 0.1) is 17.0 Å². The Kier molecular flexibility index (Phi) is 5.15. The molecule has 9 heteroatoms. The van der Waals surface area contributed by atoms with E-state index in [0.29, 0.717) is 37.0 Å². The number of likely N-dealkylation sites (tertiary alicyclic amines) is 1. The molecule has 2 fully saturated rings. The van der Waals surface area contributed by atoms with Crippen molar-refractivity contribution in [2.75, 3.05) is 20.6 Å². The standard InChI is InChI=1S/C28H27F3N2O4/c1-32-14-13-26-22-11-10-20(27(26,36)21(32)15-17-6-9-19(34)25(37-22)24(17)26)33(2)23(35)12-5-16-3-7-18(8-4-16)28(29,30)31/h3-4,6-9,20-22,34,36H,10-11,13-15H2,1-2H3/t20-,21-,22+,26-,27-/m1/s1. The molecule has 0 radical (unpaired) electrons. The van der Waals surface area contributed by atoms with E-state index in [-0.39, 0.29) is 17.9 Å². The van der Waals surface area contributed by atoms with Crippen molar-refractivity contribution in [3.05, 3.63) is 58.7 Å². The van der Waals surface area contributed by atoms with Gasteiger partial charge in [-0.15, -0.1) is 0 Å². The van der Waals surface area contributed by atoms with Crippen molar-refractivity contribution in [2.24, 2.45) is 0 Å². The van der Waals surface area contributed by atoms with Gasteiger partial charge in [-0.05, 0) is 75.2 Å². The van der Waals surface area contributed by atoms with Crippen LogP contribution in [0, 0.1) is 11.8 Å². The lowest BCUT2D eigenvalue weighted by atomic mass is 9.47. The summed E-state index contributed by atoms with van der Waals surface area (Å²) in [5, 5.41) is 23.3. The number of phenolic OH excluding ortho intramolecular Hbond substituents is 1. The smallest absolute Gasteiger partial charge is 0.416 e. The highest BCUT2D eigenvalue weighted by Crippen LogP contribution is 2.65. The quantitative estimate of drug-likeness (QED) is 0.575. The summed E-state index contributed by atoms with van der Waals surface area (Å²) in [6.45, 7) is 0.749. The van der Waals surface area contributed by atoms with E-state index in [1.54, 1.807) is 13.1 Å². The first-order valence-electron chi connectivity index (χ1n) is 12.4. The van der Waals surface area contributed by atoms with Gasteiger partial charge in [0.1, 0.15) is 11.7 Å². The second kappa shape index (κ2) is 7.89. The summed E-state index contributed by atoms with van der Waals surface area (Å²) in [7, 11) is 3.60. The third-order valence-corrected chi connectivity index (χ3v) is 9.03. The van der Waals surface area contributed by atoms with Crippen LogP contribution in [0.15, 0.2) is 36.4 Å². The molecule has 6 rings (SSSR count). The van der Waals surface area contributed by atoms with E-state index in [9.17, 15) is 28.2 Å². The molecule has 2 aromatic rings. The van der Waals surface area contributed by atoms with Crippen LogP contribution < -0.4 is 4.74 Å². The lowest BCUT2D eigenvalue weighted by molar-refractivity contribution is -0.213.